The van der Waals surface area contributed by atoms with Crippen molar-refractivity contribution in [2.24, 2.45) is 0 Å². The molecule has 0 saturated carbocycles. The summed E-state index contributed by atoms with van der Waals surface area (Å²) in [6.07, 6.45) is 9.07. The van der Waals surface area contributed by atoms with Gasteiger partial charge in [0.25, 0.3) is 0 Å². The molecule has 0 bridgehead atoms. The van der Waals surface area contributed by atoms with Crippen LogP contribution in [0.15, 0.2) is 42.5 Å². The zero-order valence-electron chi connectivity index (χ0n) is 10.2. The molecule has 0 fully saturated rings. The van der Waals surface area contributed by atoms with Gasteiger partial charge in [-0.2, -0.15) is 0 Å². The number of rotatable bonds is 0. The third-order valence-electron chi connectivity index (χ3n) is 3.02. The molecule has 1 aromatic carbocycles. The molecule has 2 aliphatic rings. The van der Waals surface area contributed by atoms with Gasteiger partial charge in [-0.05, 0) is 17.8 Å². The van der Waals surface area contributed by atoms with Crippen molar-refractivity contribution in [1.29, 1.82) is 0 Å². The largest absolute Gasteiger partial charge is 0.0820 e. The third-order valence-corrected chi connectivity index (χ3v) is 4.65. The second kappa shape index (κ2) is 4.97. The first-order valence-electron chi connectivity index (χ1n) is 6.07. The van der Waals surface area contributed by atoms with E-state index in [1.54, 1.807) is 10.9 Å². The molecule has 1 aliphatic heterocycles. The van der Waals surface area contributed by atoms with Crippen LogP contribution in [0.4, 0.5) is 0 Å². The highest BCUT2D eigenvalue weighted by Crippen LogP contribution is 2.43. The van der Waals surface area contributed by atoms with Crippen molar-refractivity contribution in [2.45, 2.75) is 32.3 Å². The van der Waals surface area contributed by atoms with Crippen LogP contribution in [0.3, 0.4) is 0 Å². The van der Waals surface area contributed by atoms with Crippen LogP contribution in [0.5, 0.6) is 0 Å². The zero-order valence-corrected chi connectivity index (χ0v) is 11.2. The molecule has 16 heavy (non-hydrogen) atoms. The Kier molecular flexibility index (Phi) is 3.61. The van der Waals surface area contributed by atoms with Crippen molar-refractivity contribution in [3.05, 3.63) is 53.6 Å². The van der Waals surface area contributed by atoms with Gasteiger partial charge in [0.2, 0.25) is 0 Å². The highest BCUT2D eigenvalue weighted by atomic mass is 31.1. The van der Waals surface area contributed by atoms with Gasteiger partial charge in [-0.3, -0.25) is 0 Å². The summed E-state index contributed by atoms with van der Waals surface area (Å²) in [5, 5.41) is 1.58. The average Bonchev–Trinajstić information content (AvgIpc) is 2.68. The smallest absolute Gasteiger partial charge is 0.0130 e. The Labute approximate surface area is 100 Å². The standard InChI is InChI=1S/C13H13P.C2H6/c1-9-6-7-11-10-4-2-3-5-12(10)14-13(11)8-9;1-2/h2-8,10,12,14H,1H3;1-2H3. The van der Waals surface area contributed by atoms with E-state index in [-0.39, 0.29) is 0 Å². The maximum atomic E-state index is 2.36. The maximum absolute atomic E-state index is 2.36. The molecule has 0 radical (unpaired) electrons. The SMILES string of the molecule is CC.Cc1ccc2c(c1)PC1C=CC=CC21. The van der Waals surface area contributed by atoms with E-state index in [9.17, 15) is 0 Å². The minimum absolute atomic E-state index is 0.661. The van der Waals surface area contributed by atoms with Crippen molar-refractivity contribution < 1.29 is 0 Å². The molecule has 0 aromatic heterocycles. The Bertz CT molecular complexity index is 429. The number of hydrogen-bond donors (Lipinski definition) is 0. The fourth-order valence-corrected chi connectivity index (χ4v) is 4.07. The molecule has 0 nitrogen and oxygen atoms in total. The molecule has 0 spiro atoms. The van der Waals surface area contributed by atoms with Gasteiger partial charge in [-0.15, -0.1) is 0 Å². The number of benzene rings is 1. The number of allylic oxidation sites excluding steroid dienone is 4. The van der Waals surface area contributed by atoms with E-state index in [4.69, 9.17) is 0 Å². The lowest BCUT2D eigenvalue weighted by Crippen LogP contribution is -2.06. The molecule has 0 N–H and O–H groups in total. The van der Waals surface area contributed by atoms with Crippen molar-refractivity contribution in [3.8, 4) is 0 Å². The van der Waals surface area contributed by atoms with Crippen LogP contribution >= 0.6 is 8.58 Å². The molecule has 1 aliphatic carbocycles. The van der Waals surface area contributed by atoms with E-state index in [1.807, 2.05) is 13.8 Å². The van der Waals surface area contributed by atoms with Crippen LogP contribution in [0.2, 0.25) is 0 Å². The topological polar surface area (TPSA) is 0 Å². The molecule has 3 rings (SSSR count). The van der Waals surface area contributed by atoms with E-state index < -0.39 is 0 Å². The normalized spacial score (nSPS) is 25.9. The van der Waals surface area contributed by atoms with Gasteiger partial charge in [0, 0.05) is 11.6 Å². The van der Waals surface area contributed by atoms with Crippen molar-refractivity contribution in [1.82, 2.24) is 0 Å². The van der Waals surface area contributed by atoms with Crippen LogP contribution in [0.1, 0.15) is 30.9 Å². The van der Waals surface area contributed by atoms with Gasteiger partial charge in [0.05, 0.1) is 0 Å². The summed E-state index contributed by atoms with van der Waals surface area (Å²) >= 11 is 0. The fourth-order valence-electron chi connectivity index (χ4n) is 2.31. The summed E-state index contributed by atoms with van der Waals surface area (Å²) in [5.74, 6) is 0.661. The summed E-state index contributed by atoms with van der Waals surface area (Å²) < 4.78 is 0. The van der Waals surface area contributed by atoms with Gasteiger partial charge in [-0.1, -0.05) is 70.5 Å². The second-order valence-corrected chi connectivity index (χ2v) is 5.55. The first kappa shape index (κ1) is 11.6. The third kappa shape index (κ3) is 1.99. The predicted molar refractivity (Wildman–Crippen MR) is 75.3 cm³/mol. The summed E-state index contributed by atoms with van der Waals surface area (Å²) in [6, 6.07) is 6.90. The van der Waals surface area contributed by atoms with E-state index >= 15 is 0 Å². The first-order chi connectivity index (χ1) is 7.84. The second-order valence-electron chi connectivity index (χ2n) is 4.06. The Morgan fingerprint density at radius 2 is 1.81 bits per heavy atom. The molecule has 84 valence electrons. The van der Waals surface area contributed by atoms with Crippen molar-refractivity contribution in [3.63, 3.8) is 0 Å². The predicted octanol–water partition coefficient (Wildman–Crippen LogP) is 3.92. The van der Waals surface area contributed by atoms with Gasteiger partial charge >= 0.3 is 0 Å². The highest BCUT2D eigenvalue weighted by Gasteiger charge is 2.29. The fraction of sp³-hybridized carbons (Fsp3) is 0.333. The Hall–Kier alpha value is -0.870. The zero-order chi connectivity index (χ0) is 11.5. The van der Waals surface area contributed by atoms with Crippen LogP contribution in [0, 0.1) is 6.92 Å². The van der Waals surface area contributed by atoms with E-state index in [2.05, 4.69) is 49.4 Å². The first-order valence-corrected chi connectivity index (χ1v) is 7.14. The summed E-state index contributed by atoms with van der Waals surface area (Å²) in [7, 11) is 0.968. The number of fused-ring (bicyclic) bond motifs is 3. The molecule has 0 amide bonds. The summed E-state index contributed by atoms with van der Waals surface area (Å²) in [5.41, 5.74) is 3.69. The van der Waals surface area contributed by atoms with Gasteiger partial charge in [0.1, 0.15) is 0 Å². The van der Waals surface area contributed by atoms with Gasteiger partial charge in [0.15, 0.2) is 0 Å². The quantitative estimate of drug-likeness (QED) is 0.593. The van der Waals surface area contributed by atoms with Crippen LogP contribution < -0.4 is 5.30 Å². The molecule has 3 atom stereocenters. The summed E-state index contributed by atoms with van der Waals surface area (Å²) in [6.45, 7) is 6.18. The monoisotopic (exact) mass is 230 g/mol. The summed E-state index contributed by atoms with van der Waals surface area (Å²) in [4.78, 5) is 0. The highest BCUT2D eigenvalue weighted by molar-refractivity contribution is 7.49. The molecule has 1 heteroatoms. The van der Waals surface area contributed by atoms with Gasteiger partial charge in [-0.25, -0.2) is 0 Å². The van der Waals surface area contributed by atoms with E-state index in [0.29, 0.717) is 5.92 Å². The van der Waals surface area contributed by atoms with Crippen LogP contribution in [0.25, 0.3) is 0 Å². The molecular weight excluding hydrogens is 211 g/mol. The lowest BCUT2D eigenvalue weighted by atomic mass is 9.92. The van der Waals surface area contributed by atoms with Gasteiger partial charge < -0.3 is 0 Å². The molecule has 3 unspecified atom stereocenters. The maximum Gasteiger partial charge on any atom is 0.0130 e. The van der Waals surface area contributed by atoms with E-state index in [0.717, 1.165) is 14.2 Å². The number of hydrogen-bond acceptors (Lipinski definition) is 0. The lowest BCUT2D eigenvalue weighted by molar-refractivity contribution is 0.891. The van der Waals surface area contributed by atoms with Crippen molar-refractivity contribution in [2.75, 3.05) is 0 Å². The molecule has 1 heterocycles. The van der Waals surface area contributed by atoms with Crippen molar-refractivity contribution >= 4 is 13.9 Å². The number of aryl methyl sites for hydroxylation is 1. The van der Waals surface area contributed by atoms with E-state index in [1.165, 1.54) is 5.56 Å². The van der Waals surface area contributed by atoms with Crippen LogP contribution in [-0.2, 0) is 0 Å². The molecular formula is C15H19P. The van der Waals surface area contributed by atoms with Crippen LogP contribution in [-0.4, -0.2) is 5.66 Å². The average molecular weight is 230 g/mol. The Morgan fingerprint density at radius 1 is 1.06 bits per heavy atom. The molecule has 1 aromatic rings. The molecule has 0 saturated heterocycles. The minimum atomic E-state index is 0.661. The lowest BCUT2D eigenvalue weighted by Gasteiger charge is -2.15. The Morgan fingerprint density at radius 3 is 2.62 bits per heavy atom. The minimum Gasteiger partial charge on any atom is -0.0820 e. The Balaban J connectivity index is 0.000000457.